The molecule has 3 atom stereocenters. The molecular formula is C16H19FN2O. The van der Waals surface area contributed by atoms with Gasteiger partial charge >= 0.3 is 0 Å². The average molecular weight is 274 g/mol. The minimum atomic E-state index is -0.262. The highest BCUT2D eigenvalue weighted by Gasteiger charge is 2.44. The molecule has 3 aliphatic rings. The lowest BCUT2D eigenvalue weighted by atomic mass is 9.93. The van der Waals surface area contributed by atoms with Crippen molar-refractivity contribution in [3.8, 4) is 0 Å². The summed E-state index contributed by atoms with van der Waals surface area (Å²) in [7, 11) is 0. The van der Waals surface area contributed by atoms with E-state index in [9.17, 15) is 9.18 Å². The van der Waals surface area contributed by atoms with E-state index in [0.717, 1.165) is 30.6 Å². The molecule has 1 amide bonds. The topological polar surface area (TPSA) is 32.3 Å². The first-order chi connectivity index (χ1) is 9.74. The molecule has 2 heterocycles. The third-order valence-corrected chi connectivity index (χ3v) is 5.22. The molecule has 3 unspecified atom stereocenters. The maximum atomic E-state index is 13.4. The van der Waals surface area contributed by atoms with Crippen molar-refractivity contribution in [2.75, 3.05) is 18.0 Å². The number of nitrogens with zero attached hydrogens (tertiary/aromatic N) is 1. The van der Waals surface area contributed by atoms with E-state index in [1.165, 1.54) is 25.0 Å². The molecule has 4 heteroatoms. The Morgan fingerprint density at radius 2 is 2.25 bits per heavy atom. The summed E-state index contributed by atoms with van der Waals surface area (Å²) in [5.41, 5.74) is 1.86. The fourth-order valence-corrected chi connectivity index (χ4v) is 4.21. The van der Waals surface area contributed by atoms with Gasteiger partial charge in [0.25, 0.3) is 0 Å². The number of amides is 1. The monoisotopic (exact) mass is 274 g/mol. The van der Waals surface area contributed by atoms with Crippen molar-refractivity contribution in [1.82, 2.24) is 5.32 Å². The molecule has 106 valence electrons. The predicted octanol–water partition coefficient (Wildman–Crippen LogP) is 2.10. The van der Waals surface area contributed by atoms with Gasteiger partial charge in [-0.05, 0) is 55.3 Å². The molecule has 0 spiro atoms. The number of anilines is 1. The van der Waals surface area contributed by atoms with Crippen LogP contribution in [-0.2, 0) is 11.2 Å². The Morgan fingerprint density at radius 3 is 3.15 bits per heavy atom. The highest BCUT2D eigenvalue weighted by molar-refractivity contribution is 5.99. The molecule has 0 aromatic heterocycles. The van der Waals surface area contributed by atoms with Crippen LogP contribution in [0.25, 0.3) is 0 Å². The number of nitrogens with one attached hydrogen (secondary N) is 1. The zero-order chi connectivity index (χ0) is 13.7. The Labute approximate surface area is 118 Å². The lowest BCUT2D eigenvalue weighted by molar-refractivity contribution is -0.121. The predicted molar refractivity (Wildman–Crippen MR) is 75.1 cm³/mol. The highest BCUT2D eigenvalue weighted by atomic mass is 19.1. The van der Waals surface area contributed by atoms with Crippen LogP contribution in [0.4, 0.5) is 10.1 Å². The minimum Gasteiger partial charge on any atom is -0.310 e. The molecule has 3 nitrogen and oxygen atoms in total. The van der Waals surface area contributed by atoms with Crippen LogP contribution in [0.15, 0.2) is 18.2 Å². The van der Waals surface area contributed by atoms with Crippen molar-refractivity contribution in [3.63, 3.8) is 0 Å². The second-order valence-corrected chi connectivity index (χ2v) is 6.25. The third-order valence-electron chi connectivity index (χ3n) is 5.22. The van der Waals surface area contributed by atoms with Gasteiger partial charge in [-0.1, -0.05) is 12.5 Å². The van der Waals surface area contributed by atoms with Crippen molar-refractivity contribution in [2.45, 2.75) is 31.7 Å². The number of fused-ring (bicyclic) bond motifs is 2. The van der Waals surface area contributed by atoms with Crippen molar-refractivity contribution in [1.29, 1.82) is 0 Å². The summed E-state index contributed by atoms with van der Waals surface area (Å²) in [5, 5.41) is 3.40. The van der Waals surface area contributed by atoms with Crippen LogP contribution in [0.2, 0.25) is 0 Å². The van der Waals surface area contributed by atoms with Gasteiger partial charge in [0.05, 0.1) is 6.04 Å². The summed E-state index contributed by atoms with van der Waals surface area (Å²) in [6.07, 6.45) is 4.47. The molecule has 1 saturated heterocycles. The molecule has 4 rings (SSSR count). The Hall–Kier alpha value is -1.42. The van der Waals surface area contributed by atoms with Crippen LogP contribution in [0.5, 0.6) is 0 Å². The van der Waals surface area contributed by atoms with Crippen molar-refractivity contribution >= 4 is 11.6 Å². The van der Waals surface area contributed by atoms with Crippen LogP contribution >= 0.6 is 0 Å². The van der Waals surface area contributed by atoms with Crippen LogP contribution < -0.4 is 10.2 Å². The molecule has 1 aromatic carbocycles. The zero-order valence-corrected chi connectivity index (χ0v) is 11.4. The maximum Gasteiger partial charge on any atom is 0.244 e. The summed E-state index contributed by atoms with van der Waals surface area (Å²) in [4.78, 5) is 14.6. The largest absolute Gasteiger partial charge is 0.310 e. The van der Waals surface area contributed by atoms with Gasteiger partial charge in [0.15, 0.2) is 0 Å². The van der Waals surface area contributed by atoms with E-state index >= 15 is 0 Å². The molecule has 1 N–H and O–H groups in total. The maximum absolute atomic E-state index is 13.4. The van der Waals surface area contributed by atoms with Crippen LogP contribution in [-0.4, -0.2) is 25.0 Å². The molecule has 2 fully saturated rings. The molecule has 20 heavy (non-hydrogen) atoms. The first-order valence-corrected chi connectivity index (χ1v) is 7.57. The summed E-state index contributed by atoms with van der Waals surface area (Å²) < 4.78 is 13.4. The van der Waals surface area contributed by atoms with E-state index in [0.29, 0.717) is 18.4 Å². The van der Waals surface area contributed by atoms with E-state index in [1.807, 2.05) is 0 Å². The number of benzene rings is 1. The second kappa shape index (κ2) is 4.55. The summed E-state index contributed by atoms with van der Waals surface area (Å²) in [6, 6.07) is 4.73. The highest BCUT2D eigenvalue weighted by Crippen LogP contribution is 2.39. The van der Waals surface area contributed by atoms with Gasteiger partial charge < -0.3 is 10.2 Å². The van der Waals surface area contributed by atoms with E-state index in [2.05, 4.69) is 5.32 Å². The Bertz CT molecular complexity index is 559. The third kappa shape index (κ3) is 1.78. The zero-order valence-electron chi connectivity index (χ0n) is 11.4. The number of rotatable bonds is 1. The molecule has 0 bridgehead atoms. The normalized spacial score (nSPS) is 31.4. The fourth-order valence-electron chi connectivity index (χ4n) is 4.21. The van der Waals surface area contributed by atoms with Crippen molar-refractivity contribution in [3.05, 3.63) is 29.6 Å². The number of hydrogen-bond acceptors (Lipinski definition) is 2. The van der Waals surface area contributed by atoms with E-state index in [1.54, 1.807) is 11.0 Å². The van der Waals surface area contributed by atoms with E-state index in [4.69, 9.17) is 0 Å². The molecule has 0 radical (unpaired) electrons. The number of hydrogen-bond donors (Lipinski definition) is 1. The SMILES string of the molecule is O=C(C1NCC2CCCC21)N1CCc2ccc(F)cc21. The Balaban J connectivity index is 1.60. The van der Waals surface area contributed by atoms with Gasteiger partial charge in [-0.15, -0.1) is 0 Å². The molecule has 1 saturated carbocycles. The smallest absolute Gasteiger partial charge is 0.244 e. The first kappa shape index (κ1) is 12.3. The summed E-state index contributed by atoms with van der Waals surface area (Å²) in [6.45, 7) is 1.65. The van der Waals surface area contributed by atoms with Crippen LogP contribution in [0.3, 0.4) is 0 Å². The quantitative estimate of drug-likeness (QED) is 0.850. The first-order valence-electron chi connectivity index (χ1n) is 7.57. The number of carbonyl (C=O) groups excluding carboxylic acids is 1. The number of carbonyl (C=O) groups is 1. The van der Waals surface area contributed by atoms with Crippen LogP contribution in [0, 0.1) is 17.7 Å². The number of halogens is 1. The van der Waals surface area contributed by atoms with Crippen molar-refractivity contribution < 1.29 is 9.18 Å². The van der Waals surface area contributed by atoms with E-state index in [-0.39, 0.29) is 17.8 Å². The van der Waals surface area contributed by atoms with Gasteiger partial charge in [0, 0.05) is 12.2 Å². The molecule has 1 aromatic rings. The fraction of sp³-hybridized carbons (Fsp3) is 0.562. The summed E-state index contributed by atoms with van der Waals surface area (Å²) >= 11 is 0. The Kier molecular flexibility index (Phi) is 2.81. The second-order valence-electron chi connectivity index (χ2n) is 6.25. The average Bonchev–Trinajstić information content (AvgIpc) is 3.12. The Morgan fingerprint density at radius 1 is 1.35 bits per heavy atom. The van der Waals surface area contributed by atoms with Gasteiger partial charge in [-0.2, -0.15) is 0 Å². The van der Waals surface area contributed by atoms with Crippen molar-refractivity contribution in [2.24, 2.45) is 11.8 Å². The van der Waals surface area contributed by atoms with Gasteiger partial charge in [0.2, 0.25) is 5.91 Å². The van der Waals surface area contributed by atoms with Crippen LogP contribution in [0.1, 0.15) is 24.8 Å². The molecule has 1 aliphatic carbocycles. The van der Waals surface area contributed by atoms with E-state index < -0.39 is 0 Å². The van der Waals surface area contributed by atoms with Gasteiger partial charge in [-0.25, -0.2) is 4.39 Å². The summed E-state index contributed by atoms with van der Waals surface area (Å²) in [5.74, 6) is 1.03. The lowest BCUT2D eigenvalue weighted by Gasteiger charge is -2.25. The molecular weight excluding hydrogens is 255 g/mol. The lowest BCUT2D eigenvalue weighted by Crippen LogP contribution is -2.46. The standard InChI is InChI=1S/C16H19FN2O/c17-12-5-4-10-6-7-19(14(10)8-12)16(20)15-13-3-1-2-11(13)9-18-15/h4-5,8,11,13,15,18H,1-3,6-7,9H2. The van der Waals surface area contributed by atoms with Gasteiger partial charge in [-0.3, -0.25) is 4.79 Å². The van der Waals surface area contributed by atoms with Gasteiger partial charge in [0.1, 0.15) is 5.82 Å². The minimum absolute atomic E-state index is 0.0586. The molecule has 2 aliphatic heterocycles.